The summed E-state index contributed by atoms with van der Waals surface area (Å²) in [6.45, 7) is 7.39. The summed E-state index contributed by atoms with van der Waals surface area (Å²) in [6.07, 6.45) is 2.62. The maximum atomic E-state index is 12.4. The van der Waals surface area contributed by atoms with Gasteiger partial charge in [-0.15, -0.1) is 11.7 Å². The molecule has 1 aromatic heterocycles. The molecular weight excluding hydrogens is 282 g/mol. The van der Waals surface area contributed by atoms with Crippen LogP contribution in [0.5, 0.6) is 0 Å². The number of aryl methyl sites for hydroxylation is 1. The summed E-state index contributed by atoms with van der Waals surface area (Å²) in [5, 5.41) is 10.9. The van der Waals surface area contributed by atoms with E-state index in [1.807, 2.05) is 0 Å². The molecule has 19 heavy (non-hydrogen) atoms. The van der Waals surface area contributed by atoms with Crippen molar-refractivity contribution >= 4 is 34.8 Å². The number of carbonyl (C=O) groups excluding carboxylic acids is 1. The Kier molecular flexibility index (Phi) is 4.43. The number of amides is 1. The molecule has 2 rings (SSSR count). The molecule has 1 amide bonds. The van der Waals surface area contributed by atoms with Crippen molar-refractivity contribution < 1.29 is 4.79 Å². The zero-order valence-corrected chi connectivity index (χ0v) is 12.3. The van der Waals surface area contributed by atoms with Crippen molar-refractivity contribution in [2.24, 2.45) is 0 Å². The lowest BCUT2D eigenvalue weighted by Crippen LogP contribution is -2.49. The fourth-order valence-corrected chi connectivity index (χ4v) is 2.70. The molecule has 1 aromatic rings. The Balaban J connectivity index is 2.10. The van der Waals surface area contributed by atoms with Crippen molar-refractivity contribution in [1.82, 2.24) is 24.9 Å². The van der Waals surface area contributed by atoms with Crippen LogP contribution in [-0.2, 0) is 0 Å². The molecular formula is C11H15N5OS2. The summed E-state index contributed by atoms with van der Waals surface area (Å²) in [6, 6.07) is 0. The van der Waals surface area contributed by atoms with E-state index in [9.17, 15) is 4.79 Å². The first-order valence-corrected chi connectivity index (χ1v) is 7.10. The minimum Gasteiger partial charge on any atom is -0.358 e. The van der Waals surface area contributed by atoms with Gasteiger partial charge < -0.3 is 5.32 Å². The van der Waals surface area contributed by atoms with Crippen LogP contribution in [0.2, 0.25) is 0 Å². The monoisotopic (exact) mass is 297 g/mol. The Labute approximate surface area is 121 Å². The minimum absolute atomic E-state index is 0.0900. The standard InChI is InChI=1S/C11H15N5OS2/c1-3-5-12-11(18)16-7-4-6-15(16)10(17)9-8(2)13-14-19-9/h3H,1,4-7H2,2H3,(H,12,18). The van der Waals surface area contributed by atoms with Crippen molar-refractivity contribution in [2.75, 3.05) is 19.6 Å². The molecule has 1 saturated heterocycles. The van der Waals surface area contributed by atoms with Gasteiger partial charge in [0.25, 0.3) is 5.91 Å². The number of hydrogen-bond donors (Lipinski definition) is 1. The summed E-state index contributed by atoms with van der Waals surface area (Å²) >= 11 is 6.40. The average molecular weight is 297 g/mol. The Hall–Kier alpha value is -1.54. The largest absolute Gasteiger partial charge is 0.358 e. The van der Waals surface area contributed by atoms with Gasteiger partial charge in [0, 0.05) is 19.6 Å². The topological polar surface area (TPSA) is 61.4 Å². The molecule has 1 aliphatic rings. The zero-order valence-electron chi connectivity index (χ0n) is 10.6. The van der Waals surface area contributed by atoms with Crippen LogP contribution in [0.15, 0.2) is 12.7 Å². The fraction of sp³-hybridized carbons (Fsp3) is 0.455. The maximum absolute atomic E-state index is 12.4. The third kappa shape index (κ3) is 2.90. The molecule has 0 aliphatic carbocycles. The Morgan fingerprint density at radius 1 is 1.58 bits per heavy atom. The van der Waals surface area contributed by atoms with Crippen LogP contribution < -0.4 is 5.32 Å². The van der Waals surface area contributed by atoms with E-state index in [2.05, 4.69) is 21.5 Å². The normalized spacial score (nSPS) is 14.6. The number of hydrazine groups is 1. The van der Waals surface area contributed by atoms with Gasteiger partial charge in [-0.1, -0.05) is 10.6 Å². The highest BCUT2D eigenvalue weighted by molar-refractivity contribution is 7.80. The van der Waals surface area contributed by atoms with E-state index in [-0.39, 0.29) is 5.91 Å². The number of aromatic nitrogens is 2. The third-order valence-corrected chi connectivity index (χ3v) is 3.91. The van der Waals surface area contributed by atoms with Gasteiger partial charge in [0.2, 0.25) is 0 Å². The summed E-state index contributed by atoms with van der Waals surface area (Å²) in [4.78, 5) is 13.0. The Bertz CT molecular complexity index is 501. The van der Waals surface area contributed by atoms with Crippen LogP contribution >= 0.6 is 23.8 Å². The summed E-state index contributed by atoms with van der Waals surface area (Å²) in [5.41, 5.74) is 0.659. The van der Waals surface area contributed by atoms with Crippen LogP contribution in [-0.4, -0.2) is 50.3 Å². The van der Waals surface area contributed by atoms with Crippen LogP contribution in [0.3, 0.4) is 0 Å². The highest BCUT2D eigenvalue weighted by Crippen LogP contribution is 2.18. The molecule has 0 unspecified atom stereocenters. The lowest BCUT2D eigenvalue weighted by atomic mass is 10.3. The maximum Gasteiger partial charge on any atom is 0.286 e. The smallest absolute Gasteiger partial charge is 0.286 e. The first-order chi connectivity index (χ1) is 9.15. The molecule has 0 bridgehead atoms. The van der Waals surface area contributed by atoms with Gasteiger partial charge in [-0.25, -0.2) is 5.01 Å². The zero-order chi connectivity index (χ0) is 13.8. The molecule has 0 atom stereocenters. The van der Waals surface area contributed by atoms with E-state index in [0.29, 0.717) is 28.8 Å². The van der Waals surface area contributed by atoms with Crippen molar-refractivity contribution in [3.8, 4) is 0 Å². The second kappa shape index (κ2) is 6.07. The van der Waals surface area contributed by atoms with Crippen LogP contribution in [0.4, 0.5) is 0 Å². The van der Waals surface area contributed by atoms with Crippen molar-refractivity contribution in [2.45, 2.75) is 13.3 Å². The van der Waals surface area contributed by atoms with Gasteiger partial charge in [0.1, 0.15) is 4.88 Å². The lowest BCUT2D eigenvalue weighted by Gasteiger charge is -2.29. The van der Waals surface area contributed by atoms with Gasteiger partial charge >= 0.3 is 0 Å². The molecule has 0 saturated carbocycles. The van der Waals surface area contributed by atoms with E-state index >= 15 is 0 Å². The van der Waals surface area contributed by atoms with E-state index in [1.54, 1.807) is 23.0 Å². The van der Waals surface area contributed by atoms with Crippen LogP contribution in [0, 0.1) is 6.92 Å². The minimum atomic E-state index is -0.0900. The summed E-state index contributed by atoms with van der Waals surface area (Å²) in [7, 11) is 0. The van der Waals surface area contributed by atoms with Gasteiger partial charge in [-0.2, -0.15) is 0 Å². The van der Waals surface area contributed by atoms with Gasteiger partial charge in [0.15, 0.2) is 5.11 Å². The summed E-state index contributed by atoms with van der Waals surface area (Å²) < 4.78 is 3.80. The van der Waals surface area contributed by atoms with Gasteiger partial charge in [-0.3, -0.25) is 9.80 Å². The average Bonchev–Trinajstić information content (AvgIpc) is 3.03. The first-order valence-electron chi connectivity index (χ1n) is 5.92. The number of rotatable bonds is 3. The Morgan fingerprint density at radius 3 is 2.95 bits per heavy atom. The molecule has 0 radical (unpaired) electrons. The molecule has 0 aromatic carbocycles. The third-order valence-electron chi connectivity index (χ3n) is 2.74. The lowest BCUT2D eigenvalue weighted by molar-refractivity contribution is 0.0496. The van der Waals surface area contributed by atoms with E-state index in [0.717, 1.165) is 24.5 Å². The SMILES string of the molecule is C=CCNC(=S)N1CCCN1C(=O)c1snnc1C. The van der Waals surface area contributed by atoms with E-state index < -0.39 is 0 Å². The quantitative estimate of drug-likeness (QED) is 0.662. The molecule has 1 aliphatic heterocycles. The second-order valence-corrected chi connectivity index (χ2v) is 5.21. The van der Waals surface area contributed by atoms with Gasteiger partial charge in [0.05, 0.1) is 5.69 Å². The predicted octanol–water partition coefficient (Wildman–Crippen LogP) is 0.970. The molecule has 1 N–H and O–H groups in total. The van der Waals surface area contributed by atoms with Crippen LogP contribution in [0.1, 0.15) is 21.8 Å². The number of nitrogens with one attached hydrogen (secondary N) is 1. The fourth-order valence-electron chi connectivity index (χ4n) is 1.83. The molecule has 2 heterocycles. The number of hydrogen-bond acceptors (Lipinski definition) is 5. The molecule has 6 nitrogen and oxygen atoms in total. The first kappa shape index (κ1) is 13.9. The summed E-state index contributed by atoms with van der Waals surface area (Å²) in [5.74, 6) is -0.0900. The number of carbonyl (C=O) groups is 1. The van der Waals surface area contributed by atoms with E-state index in [4.69, 9.17) is 12.2 Å². The Morgan fingerprint density at radius 2 is 2.32 bits per heavy atom. The predicted molar refractivity (Wildman–Crippen MR) is 77.8 cm³/mol. The van der Waals surface area contributed by atoms with Gasteiger partial charge in [-0.05, 0) is 37.1 Å². The molecule has 0 spiro atoms. The number of nitrogens with zero attached hydrogens (tertiary/aromatic N) is 4. The highest BCUT2D eigenvalue weighted by atomic mass is 32.1. The highest BCUT2D eigenvalue weighted by Gasteiger charge is 2.31. The molecule has 1 fully saturated rings. The van der Waals surface area contributed by atoms with Crippen LogP contribution in [0.25, 0.3) is 0 Å². The van der Waals surface area contributed by atoms with Crippen molar-refractivity contribution in [3.63, 3.8) is 0 Å². The van der Waals surface area contributed by atoms with Crippen molar-refractivity contribution in [3.05, 3.63) is 23.2 Å². The van der Waals surface area contributed by atoms with E-state index in [1.165, 1.54) is 0 Å². The molecule has 8 heteroatoms. The van der Waals surface area contributed by atoms with Crippen molar-refractivity contribution in [1.29, 1.82) is 0 Å². The molecule has 102 valence electrons. The number of thiocarbonyl (C=S) groups is 1. The second-order valence-electron chi connectivity index (χ2n) is 4.07.